The first-order valence-electron chi connectivity index (χ1n) is 5.71. The molecule has 0 saturated heterocycles. The highest BCUT2D eigenvalue weighted by Gasteiger charge is 2.02. The van der Waals surface area contributed by atoms with E-state index in [4.69, 9.17) is 11.6 Å². The lowest BCUT2D eigenvalue weighted by atomic mass is 10.0. The van der Waals surface area contributed by atoms with E-state index >= 15 is 0 Å². The fraction of sp³-hybridized carbons (Fsp3) is 0.200. The Kier molecular flexibility index (Phi) is 4.18. The van der Waals surface area contributed by atoms with Crippen LogP contribution in [0.2, 0.25) is 0 Å². The monoisotopic (exact) mass is 245 g/mol. The van der Waals surface area contributed by atoms with Gasteiger partial charge in [0.1, 0.15) is 0 Å². The second-order valence-electron chi connectivity index (χ2n) is 4.20. The average molecular weight is 246 g/mol. The molecule has 0 bridgehead atoms. The number of hydrogen-bond acceptors (Lipinski definition) is 1. The maximum absolute atomic E-state index is 5.54. The largest absolute Gasteiger partial charge is 0.298 e. The number of halogens is 1. The van der Waals surface area contributed by atoms with Gasteiger partial charge in [0.25, 0.3) is 0 Å². The first-order chi connectivity index (χ1) is 8.31. The fourth-order valence-electron chi connectivity index (χ4n) is 2.01. The summed E-state index contributed by atoms with van der Waals surface area (Å²) >= 11 is 5.54. The summed E-state index contributed by atoms with van der Waals surface area (Å²) in [5.74, 6) is 0. The Balaban J connectivity index is 2.23. The number of nitrogens with zero attached hydrogens (tertiary/aromatic N) is 1. The van der Waals surface area contributed by atoms with Crippen LogP contribution in [0.1, 0.15) is 5.56 Å². The van der Waals surface area contributed by atoms with E-state index in [1.165, 1.54) is 16.3 Å². The third-order valence-corrected chi connectivity index (χ3v) is 3.00. The Hall–Kier alpha value is -1.31. The molecule has 2 heteroatoms. The van der Waals surface area contributed by atoms with Gasteiger partial charge in [0.15, 0.2) is 0 Å². The van der Waals surface area contributed by atoms with Crippen molar-refractivity contribution in [3.05, 3.63) is 59.6 Å². The molecule has 0 heterocycles. The molecule has 0 aliphatic carbocycles. The minimum absolute atomic E-state index is 0.868. The van der Waals surface area contributed by atoms with E-state index in [0.29, 0.717) is 0 Å². The summed E-state index contributed by atoms with van der Waals surface area (Å²) < 4.78 is 0. The zero-order chi connectivity index (χ0) is 12.1. The second kappa shape index (κ2) is 5.85. The van der Waals surface area contributed by atoms with Gasteiger partial charge in [-0.15, -0.1) is 0 Å². The molecule has 2 rings (SSSR count). The van der Waals surface area contributed by atoms with E-state index < -0.39 is 0 Å². The van der Waals surface area contributed by atoms with E-state index in [0.717, 1.165) is 13.1 Å². The maximum Gasteiger partial charge on any atom is 0.0240 e. The predicted octanol–water partition coefficient (Wildman–Crippen LogP) is 4.02. The molecule has 0 aromatic heterocycles. The summed E-state index contributed by atoms with van der Waals surface area (Å²) in [6, 6.07) is 14.9. The van der Waals surface area contributed by atoms with Gasteiger partial charge in [0.05, 0.1) is 0 Å². The highest BCUT2D eigenvalue weighted by atomic mass is 35.5. The lowest BCUT2D eigenvalue weighted by Gasteiger charge is -2.15. The third-order valence-electron chi connectivity index (χ3n) is 2.83. The molecule has 0 radical (unpaired) electrons. The van der Waals surface area contributed by atoms with Gasteiger partial charge in [-0.2, -0.15) is 0 Å². The normalized spacial score (nSPS) is 11.7. The summed E-state index contributed by atoms with van der Waals surface area (Å²) in [5, 5.41) is 2.63. The van der Waals surface area contributed by atoms with Crippen molar-refractivity contribution in [3.8, 4) is 0 Å². The van der Waals surface area contributed by atoms with Crippen LogP contribution >= 0.6 is 11.6 Å². The molecule has 0 aliphatic rings. The summed E-state index contributed by atoms with van der Waals surface area (Å²) in [6.45, 7) is 1.80. The van der Waals surface area contributed by atoms with Gasteiger partial charge >= 0.3 is 0 Å². The van der Waals surface area contributed by atoms with Gasteiger partial charge in [0.2, 0.25) is 0 Å². The zero-order valence-corrected chi connectivity index (χ0v) is 10.7. The highest BCUT2D eigenvalue weighted by molar-refractivity contribution is 6.25. The summed E-state index contributed by atoms with van der Waals surface area (Å²) in [5.41, 5.74) is 2.92. The Morgan fingerprint density at radius 1 is 1.12 bits per heavy atom. The van der Waals surface area contributed by atoms with Crippen LogP contribution in [0.5, 0.6) is 0 Å². The molecule has 1 nitrogen and oxygen atoms in total. The number of hydrogen-bond donors (Lipinski definition) is 0. The van der Waals surface area contributed by atoms with Gasteiger partial charge in [-0.05, 0) is 23.4 Å². The maximum atomic E-state index is 5.54. The molecule has 2 aromatic rings. The van der Waals surface area contributed by atoms with Crippen LogP contribution in [-0.2, 0) is 6.54 Å². The molecule has 0 aliphatic heterocycles. The molecule has 0 N–H and O–H groups in total. The van der Waals surface area contributed by atoms with Crippen LogP contribution in [-0.4, -0.2) is 18.5 Å². The minimum Gasteiger partial charge on any atom is -0.298 e. The van der Waals surface area contributed by atoms with Gasteiger partial charge < -0.3 is 0 Å². The quantitative estimate of drug-likeness (QED) is 0.786. The molecule has 0 unspecified atom stereocenters. The van der Waals surface area contributed by atoms with Crippen molar-refractivity contribution in [2.24, 2.45) is 0 Å². The standard InChI is InChI=1S/C15H16ClN/c1-17(11-5-10-16)12-14-8-4-7-13-6-2-3-9-15(13)14/h2-10H,11-12H2,1H3/b10-5+. The molecule has 0 amide bonds. The van der Waals surface area contributed by atoms with Crippen molar-refractivity contribution in [2.75, 3.05) is 13.6 Å². The van der Waals surface area contributed by atoms with E-state index in [2.05, 4.69) is 54.4 Å². The second-order valence-corrected chi connectivity index (χ2v) is 4.45. The van der Waals surface area contributed by atoms with Crippen LogP contribution < -0.4 is 0 Å². The van der Waals surface area contributed by atoms with E-state index in [1.807, 2.05) is 6.08 Å². The molecular formula is C15H16ClN. The van der Waals surface area contributed by atoms with Crippen LogP contribution in [0.3, 0.4) is 0 Å². The van der Waals surface area contributed by atoms with Crippen LogP contribution in [0.15, 0.2) is 54.1 Å². The lowest BCUT2D eigenvalue weighted by molar-refractivity contribution is 0.365. The van der Waals surface area contributed by atoms with Crippen molar-refractivity contribution < 1.29 is 0 Å². The molecule has 0 fully saturated rings. The van der Waals surface area contributed by atoms with Crippen molar-refractivity contribution >= 4 is 22.4 Å². The fourth-order valence-corrected chi connectivity index (χ4v) is 2.09. The Morgan fingerprint density at radius 2 is 1.88 bits per heavy atom. The smallest absolute Gasteiger partial charge is 0.0240 e. The third kappa shape index (κ3) is 3.09. The molecule has 88 valence electrons. The number of likely N-dealkylation sites (N-methyl/N-ethyl adjacent to an activating group) is 1. The Morgan fingerprint density at radius 3 is 2.71 bits per heavy atom. The molecule has 17 heavy (non-hydrogen) atoms. The number of fused-ring (bicyclic) bond motifs is 1. The minimum atomic E-state index is 0.868. The van der Waals surface area contributed by atoms with Crippen molar-refractivity contribution in [1.82, 2.24) is 4.90 Å². The zero-order valence-electron chi connectivity index (χ0n) is 9.94. The van der Waals surface area contributed by atoms with Crippen LogP contribution in [0, 0.1) is 0 Å². The lowest BCUT2D eigenvalue weighted by Crippen LogP contribution is -2.17. The van der Waals surface area contributed by atoms with Gasteiger partial charge in [0, 0.05) is 18.6 Å². The molecule has 2 aromatic carbocycles. The van der Waals surface area contributed by atoms with E-state index in [9.17, 15) is 0 Å². The van der Waals surface area contributed by atoms with Crippen molar-refractivity contribution in [3.63, 3.8) is 0 Å². The topological polar surface area (TPSA) is 3.24 Å². The molecular weight excluding hydrogens is 230 g/mol. The molecule has 0 saturated carbocycles. The molecule has 0 atom stereocenters. The summed E-state index contributed by atoms with van der Waals surface area (Å²) in [4.78, 5) is 2.24. The van der Waals surface area contributed by atoms with Crippen LogP contribution in [0.4, 0.5) is 0 Å². The van der Waals surface area contributed by atoms with Crippen LogP contribution in [0.25, 0.3) is 10.8 Å². The summed E-state index contributed by atoms with van der Waals surface area (Å²) in [7, 11) is 2.10. The molecule has 0 spiro atoms. The van der Waals surface area contributed by atoms with Crippen molar-refractivity contribution in [2.45, 2.75) is 6.54 Å². The van der Waals surface area contributed by atoms with Gasteiger partial charge in [-0.1, -0.05) is 60.1 Å². The highest BCUT2D eigenvalue weighted by Crippen LogP contribution is 2.19. The Bertz CT molecular complexity index is 514. The predicted molar refractivity (Wildman–Crippen MR) is 75.3 cm³/mol. The first kappa shape index (κ1) is 12.2. The number of rotatable bonds is 4. The van der Waals surface area contributed by atoms with Crippen molar-refractivity contribution in [1.29, 1.82) is 0 Å². The van der Waals surface area contributed by atoms with E-state index in [-0.39, 0.29) is 0 Å². The SMILES string of the molecule is CN(C/C=C/Cl)Cc1cccc2ccccc12. The first-order valence-corrected chi connectivity index (χ1v) is 6.15. The van der Waals surface area contributed by atoms with Gasteiger partial charge in [-0.3, -0.25) is 4.90 Å². The summed E-state index contributed by atoms with van der Waals surface area (Å²) in [6.07, 6.45) is 1.95. The van der Waals surface area contributed by atoms with E-state index in [1.54, 1.807) is 5.54 Å². The Labute approximate surface area is 107 Å². The number of benzene rings is 2. The average Bonchev–Trinajstić information content (AvgIpc) is 2.37. The van der Waals surface area contributed by atoms with Gasteiger partial charge in [-0.25, -0.2) is 0 Å².